The first-order valence-corrected chi connectivity index (χ1v) is 7.03. The van der Waals surface area contributed by atoms with Gasteiger partial charge in [0.25, 0.3) is 0 Å². The fraction of sp³-hybridized carbons (Fsp3) is 0.500. The van der Waals surface area contributed by atoms with Crippen LogP contribution in [0.5, 0.6) is 0 Å². The molecule has 0 saturated heterocycles. The van der Waals surface area contributed by atoms with Gasteiger partial charge in [-0.1, -0.05) is 36.2 Å². The number of carboxylic acid groups (broad SMARTS) is 1. The molecule has 0 spiro atoms. The van der Waals surface area contributed by atoms with Crippen molar-refractivity contribution in [3.63, 3.8) is 0 Å². The Morgan fingerprint density at radius 1 is 1.19 bits per heavy atom. The van der Waals surface area contributed by atoms with Gasteiger partial charge in [0, 0.05) is 13.6 Å². The van der Waals surface area contributed by atoms with Crippen molar-refractivity contribution in [2.75, 3.05) is 13.6 Å². The molecule has 1 aromatic rings. The summed E-state index contributed by atoms with van der Waals surface area (Å²) in [5.41, 5.74) is 3.35. The average molecular weight is 292 g/mol. The smallest absolute Gasteiger partial charge is 0.317 e. The van der Waals surface area contributed by atoms with Gasteiger partial charge in [-0.3, -0.25) is 4.79 Å². The fourth-order valence-corrected chi connectivity index (χ4v) is 2.21. The molecule has 0 aromatic heterocycles. The number of aliphatic carboxylic acids is 1. The number of nitrogens with one attached hydrogen (secondary N) is 1. The van der Waals surface area contributed by atoms with E-state index >= 15 is 0 Å². The van der Waals surface area contributed by atoms with Crippen molar-refractivity contribution in [3.05, 3.63) is 34.9 Å². The fourth-order valence-electron chi connectivity index (χ4n) is 2.21. The highest BCUT2D eigenvalue weighted by Gasteiger charge is 2.19. The molecule has 2 amide bonds. The van der Waals surface area contributed by atoms with Crippen molar-refractivity contribution < 1.29 is 14.7 Å². The Hall–Kier alpha value is -2.04. The first-order chi connectivity index (χ1) is 9.70. The van der Waals surface area contributed by atoms with Crippen molar-refractivity contribution in [1.82, 2.24) is 10.2 Å². The predicted molar refractivity (Wildman–Crippen MR) is 82.3 cm³/mol. The van der Waals surface area contributed by atoms with E-state index in [4.69, 9.17) is 5.11 Å². The van der Waals surface area contributed by atoms with Crippen molar-refractivity contribution in [1.29, 1.82) is 0 Å². The second-order valence-corrected chi connectivity index (χ2v) is 5.71. The molecule has 0 saturated carbocycles. The maximum atomic E-state index is 12.1. The van der Waals surface area contributed by atoms with Crippen LogP contribution < -0.4 is 5.32 Å². The number of hydrogen-bond donors (Lipinski definition) is 2. The largest absolute Gasteiger partial charge is 0.481 e. The van der Waals surface area contributed by atoms with Crippen LogP contribution in [0, 0.1) is 19.8 Å². The SMILES string of the molecule is Cc1cc(C)cc(C(C)NC(=O)N(C)CC(C)C(=O)O)c1. The van der Waals surface area contributed by atoms with E-state index in [1.165, 1.54) is 4.90 Å². The molecule has 0 bridgehead atoms. The molecule has 21 heavy (non-hydrogen) atoms. The third kappa shape index (κ3) is 5.10. The molecule has 1 rings (SSSR count). The molecule has 2 N–H and O–H groups in total. The summed E-state index contributed by atoms with van der Waals surface area (Å²) in [7, 11) is 1.60. The Bertz CT molecular complexity index is 508. The highest BCUT2D eigenvalue weighted by atomic mass is 16.4. The number of amides is 2. The number of benzene rings is 1. The van der Waals surface area contributed by atoms with Crippen LogP contribution >= 0.6 is 0 Å². The van der Waals surface area contributed by atoms with Gasteiger partial charge in [0.1, 0.15) is 0 Å². The first-order valence-electron chi connectivity index (χ1n) is 7.03. The lowest BCUT2D eigenvalue weighted by molar-refractivity contribution is -0.141. The summed E-state index contributed by atoms with van der Waals surface area (Å²) in [5, 5.41) is 11.8. The average Bonchev–Trinajstić information content (AvgIpc) is 2.36. The Kier molecular flexibility index (Phi) is 5.76. The Labute approximate surface area is 126 Å². The minimum atomic E-state index is -0.906. The minimum absolute atomic E-state index is 0.126. The quantitative estimate of drug-likeness (QED) is 0.876. The lowest BCUT2D eigenvalue weighted by atomic mass is 10.0. The number of rotatable bonds is 5. The van der Waals surface area contributed by atoms with Gasteiger partial charge in [0.05, 0.1) is 12.0 Å². The highest BCUT2D eigenvalue weighted by molar-refractivity contribution is 5.76. The van der Waals surface area contributed by atoms with E-state index in [-0.39, 0.29) is 18.6 Å². The molecule has 116 valence electrons. The molecule has 5 nitrogen and oxygen atoms in total. The van der Waals surface area contributed by atoms with Crippen LogP contribution in [-0.2, 0) is 4.79 Å². The van der Waals surface area contributed by atoms with Crippen molar-refractivity contribution in [2.45, 2.75) is 33.7 Å². The molecule has 0 aliphatic heterocycles. The lowest BCUT2D eigenvalue weighted by Gasteiger charge is -2.23. The summed E-state index contributed by atoms with van der Waals surface area (Å²) in [6.07, 6.45) is 0. The molecule has 2 atom stereocenters. The summed E-state index contributed by atoms with van der Waals surface area (Å²) >= 11 is 0. The highest BCUT2D eigenvalue weighted by Crippen LogP contribution is 2.16. The zero-order chi connectivity index (χ0) is 16.2. The van der Waals surface area contributed by atoms with E-state index in [9.17, 15) is 9.59 Å². The van der Waals surface area contributed by atoms with E-state index in [2.05, 4.69) is 11.4 Å². The molecular weight excluding hydrogens is 268 g/mol. The van der Waals surface area contributed by atoms with Crippen LogP contribution in [-0.4, -0.2) is 35.6 Å². The molecule has 1 aromatic carbocycles. The van der Waals surface area contributed by atoms with Gasteiger partial charge in [-0.2, -0.15) is 0 Å². The molecule has 2 unspecified atom stereocenters. The van der Waals surface area contributed by atoms with Gasteiger partial charge in [-0.15, -0.1) is 0 Å². The van der Waals surface area contributed by atoms with Crippen molar-refractivity contribution in [3.8, 4) is 0 Å². The van der Waals surface area contributed by atoms with Crippen molar-refractivity contribution >= 4 is 12.0 Å². The second kappa shape index (κ2) is 7.11. The number of hydrogen-bond acceptors (Lipinski definition) is 2. The zero-order valence-electron chi connectivity index (χ0n) is 13.3. The third-order valence-electron chi connectivity index (χ3n) is 3.40. The Balaban J connectivity index is 2.67. The standard InChI is InChI=1S/C16H24N2O3/c1-10-6-11(2)8-14(7-10)13(4)17-16(21)18(5)9-12(3)15(19)20/h6-8,12-13H,9H2,1-5H3,(H,17,21)(H,19,20). The monoisotopic (exact) mass is 292 g/mol. The molecule has 0 heterocycles. The number of carbonyl (C=O) groups excluding carboxylic acids is 1. The number of carbonyl (C=O) groups is 2. The normalized spacial score (nSPS) is 13.4. The third-order valence-corrected chi connectivity index (χ3v) is 3.40. The summed E-state index contributed by atoms with van der Waals surface area (Å²) in [6, 6.07) is 5.77. The van der Waals surface area contributed by atoms with Crippen molar-refractivity contribution in [2.24, 2.45) is 5.92 Å². The van der Waals surface area contributed by atoms with Crippen LogP contribution in [0.3, 0.4) is 0 Å². The Morgan fingerprint density at radius 2 is 1.71 bits per heavy atom. The van der Waals surface area contributed by atoms with Crippen LogP contribution in [0.25, 0.3) is 0 Å². The zero-order valence-corrected chi connectivity index (χ0v) is 13.3. The van der Waals surface area contributed by atoms with E-state index in [1.807, 2.05) is 32.9 Å². The lowest BCUT2D eigenvalue weighted by Crippen LogP contribution is -2.41. The van der Waals surface area contributed by atoms with Crippen LogP contribution in [0.4, 0.5) is 4.79 Å². The van der Waals surface area contributed by atoms with Gasteiger partial charge < -0.3 is 15.3 Å². The van der Waals surface area contributed by atoms with Gasteiger partial charge in [0.15, 0.2) is 0 Å². The molecule has 0 aliphatic carbocycles. The second-order valence-electron chi connectivity index (χ2n) is 5.71. The molecule has 5 heteroatoms. The minimum Gasteiger partial charge on any atom is -0.481 e. The van der Waals surface area contributed by atoms with E-state index in [0.717, 1.165) is 16.7 Å². The van der Waals surface area contributed by atoms with Gasteiger partial charge >= 0.3 is 12.0 Å². The Morgan fingerprint density at radius 3 is 2.19 bits per heavy atom. The maximum Gasteiger partial charge on any atom is 0.317 e. The van der Waals surface area contributed by atoms with Gasteiger partial charge in [0.2, 0.25) is 0 Å². The summed E-state index contributed by atoms with van der Waals surface area (Å²) in [5.74, 6) is -1.49. The topological polar surface area (TPSA) is 69.6 Å². The van der Waals surface area contributed by atoms with Gasteiger partial charge in [-0.05, 0) is 26.3 Å². The number of urea groups is 1. The first kappa shape index (κ1) is 17.0. The molecular formula is C16H24N2O3. The van der Waals surface area contributed by atoms with E-state index in [1.54, 1.807) is 14.0 Å². The number of nitrogens with zero attached hydrogens (tertiary/aromatic N) is 1. The van der Waals surface area contributed by atoms with Crippen LogP contribution in [0.15, 0.2) is 18.2 Å². The van der Waals surface area contributed by atoms with E-state index in [0.29, 0.717) is 0 Å². The van der Waals surface area contributed by atoms with Crippen LogP contribution in [0.2, 0.25) is 0 Å². The molecule has 0 aliphatic rings. The van der Waals surface area contributed by atoms with E-state index < -0.39 is 11.9 Å². The number of carboxylic acids is 1. The predicted octanol–water partition coefficient (Wildman–Crippen LogP) is 2.73. The summed E-state index contributed by atoms with van der Waals surface area (Å²) in [6.45, 7) is 7.72. The van der Waals surface area contributed by atoms with Crippen LogP contribution in [0.1, 0.15) is 36.6 Å². The molecule has 0 fully saturated rings. The van der Waals surface area contributed by atoms with Gasteiger partial charge in [-0.25, -0.2) is 4.79 Å². The summed E-state index contributed by atoms with van der Waals surface area (Å²) < 4.78 is 0. The summed E-state index contributed by atoms with van der Waals surface area (Å²) in [4.78, 5) is 24.3. The number of aryl methyl sites for hydroxylation is 2. The molecule has 0 radical (unpaired) electrons. The maximum absolute atomic E-state index is 12.1.